The first-order valence-corrected chi connectivity index (χ1v) is 7.16. The van der Waals surface area contributed by atoms with Gasteiger partial charge in [-0.2, -0.15) is 0 Å². The number of ether oxygens (including phenoxy) is 2. The van der Waals surface area contributed by atoms with E-state index >= 15 is 0 Å². The summed E-state index contributed by atoms with van der Waals surface area (Å²) in [7, 11) is 0. The molecule has 2 atom stereocenters. The van der Waals surface area contributed by atoms with Gasteiger partial charge in [-0.25, -0.2) is 4.79 Å². The molecule has 116 valence electrons. The zero-order valence-corrected chi connectivity index (χ0v) is 13.0. The van der Waals surface area contributed by atoms with E-state index in [-0.39, 0.29) is 6.04 Å². The van der Waals surface area contributed by atoms with Crippen LogP contribution in [-0.2, 0) is 9.47 Å². The van der Waals surface area contributed by atoms with Gasteiger partial charge >= 0.3 is 6.09 Å². The standard InChI is InChI=1S/C15H27NO4/c1-6-11(2)9-13(17)12-10-19-8-7-16(12)14(18)20-15(3,4)5/h12-13,17H,2,6-10H2,1,3-5H3. The van der Waals surface area contributed by atoms with Crippen molar-refractivity contribution in [3.05, 3.63) is 12.2 Å². The summed E-state index contributed by atoms with van der Waals surface area (Å²) in [6, 6.07) is -0.373. The van der Waals surface area contributed by atoms with Gasteiger partial charge in [-0.1, -0.05) is 19.1 Å². The molecule has 5 nitrogen and oxygen atoms in total. The second kappa shape index (κ2) is 7.09. The Kier molecular flexibility index (Phi) is 6.02. The van der Waals surface area contributed by atoms with Crippen LogP contribution in [0.15, 0.2) is 12.2 Å². The normalized spacial score (nSPS) is 21.4. The molecule has 2 unspecified atom stereocenters. The average Bonchev–Trinajstić information content (AvgIpc) is 2.36. The lowest BCUT2D eigenvalue weighted by molar-refractivity contribution is -0.0660. The summed E-state index contributed by atoms with van der Waals surface area (Å²) < 4.78 is 10.8. The minimum absolute atomic E-state index is 0.331. The van der Waals surface area contributed by atoms with Crippen molar-refractivity contribution in [1.29, 1.82) is 0 Å². The minimum Gasteiger partial charge on any atom is -0.444 e. The SMILES string of the molecule is C=C(CC)CC(O)C1COCCN1C(=O)OC(C)(C)C. The largest absolute Gasteiger partial charge is 0.444 e. The summed E-state index contributed by atoms with van der Waals surface area (Å²) in [5.41, 5.74) is 0.421. The van der Waals surface area contributed by atoms with E-state index < -0.39 is 17.8 Å². The summed E-state index contributed by atoms with van der Waals surface area (Å²) in [4.78, 5) is 13.8. The molecule has 0 saturated carbocycles. The lowest BCUT2D eigenvalue weighted by Crippen LogP contribution is -2.55. The first-order chi connectivity index (χ1) is 9.24. The minimum atomic E-state index is -0.671. The maximum atomic E-state index is 12.2. The van der Waals surface area contributed by atoms with Crippen LogP contribution in [0.5, 0.6) is 0 Å². The Morgan fingerprint density at radius 1 is 1.55 bits per heavy atom. The van der Waals surface area contributed by atoms with Crippen LogP contribution in [0, 0.1) is 0 Å². The van der Waals surface area contributed by atoms with Crippen LogP contribution >= 0.6 is 0 Å². The van der Waals surface area contributed by atoms with Crippen LogP contribution in [0.2, 0.25) is 0 Å². The molecule has 1 heterocycles. The molecule has 1 rings (SSSR count). The van der Waals surface area contributed by atoms with Gasteiger partial charge in [0.05, 0.1) is 25.4 Å². The van der Waals surface area contributed by atoms with Crippen LogP contribution in [0.1, 0.15) is 40.5 Å². The number of morpholine rings is 1. The Balaban J connectivity index is 2.70. The van der Waals surface area contributed by atoms with Gasteiger partial charge in [-0.3, -0.25) is 4.90 Å². The maximum absolute atomic E-state index is 12.2. The van der Waals surface area contributed by atoms with E-state index in [9.17, 15) is 9.90 Å². The smallest absolute Gasteiger partial charge is 0.410 e. The van der Waals surface area contributed by atoms with E-state index in [1.165, 1.54) is 0 Å². The first-order valence-electron chi connectivity index (χ1n) is 7.16. The fourth-order valence-electron chi connectivity index (χ4n) is 2.06. The number of carbonyl (C=O) groups excluding carboxylic acids is 1. The highest BCUT2D eigenvalue weighted by Crippen LogP contribution is 2.20. The van der Waals surface area contributed by atoms with Crippen molar-refractivity contribution < 1.29 is 19.4 Å². The van der Waals surface area contributed by atoms with Crippen LogP contribution in [0.3, 0.4) is 0 Å². The van der Waals surface area contributed by atoms with Gasteiger partial charge in [-0.15, -0.1) is 0 Å². The predicted octanol–water partition coefficient (Wildman–Crippen LogP) is 2.34. The van der Waals surface area contributed by atoms with E-state index in [1.807, 2.05) is 27.7 Å². The van der Waals surface area contributed by atoms with Gasteiger partial charge < -0.3 is 14.6 Å². The van der Waals surface area contributed by atoms with Gasteiger partial charge in [0.15, 0.2) is 0 Å². The fraction of sp³-hybridized carbons (Fsp3) is 0.800. The van der Waals surface area contributed by atoms with Crippen molar-refractivity contribution in [2.75, 3.05) is 19.8 Å². The number of hydrogen-bond donors (Lipinski definition) is 1. The van der Waals surface area contributed by atoms with E-state index in [0.29, 0.717) is 26.2 Å². The molecule has 0 radical (unpaired) electrons. The molecule has 0 aromatic rings. The molecule has 1 amide bonds. The molecule has 1 aliphatic heterocycles. The number of rotatable bonds is 4. The molecular weight excluding hydrogens is 258 g/mol. The number of hydrogen-bond acceptors (Lipinski definition) is 4. The molecule has 5 heteroatoms. The molecule has 20 heavy (non-hydrogen) atoms. The van der Waals surface area contributed by atoms with E-state index in [4.69, 9.17) is 9.47 Å². The fourth-order valence-corrected chi connectivity index (χ4v) is 2.06. The molecule has 0 aliphatic carbocycles. The third kappa shape index (κ3) is 5.13. The van der Waals surface area contributed by atoms with Crippen molar-refractivity contribution in [2.24, 2.45) is 0 Å². The zero-order valence-electron chi connectivity index (χ0n) is 13.0. The van der Waals surface area contributed by atoms with E-state index in [2.05, 4.69) is 6.58 Å². The average molecular weight is 285 g/mol. The second-order valence-electron chi connectivity index (χ2n) is 6.19. The molecule has 0 aromatic carbocycles. The number of carbonyl (C=O) groups is 1. The summed E-state index contributed by atoms with van der Waals surface area (Å²) in [6.45, 7) is 12.6. The highest BCUT2D eigenvalue weighted by Gasteiger charge is 2.35. The van der Waals surface area contributed by atoms with Gasteiger partial charge in [0.25, 0.3) is 0 Å². The van der Waals surface area contributed by atoms with Crippen molar-refractivity contribution in [1.82, 2.24) is 4.90 Å². The molecule has 0 aromatic heterocycles. The van der Waals surface area contributed by atoms with Crippen molar-refractivity contribution in [3.63, 3.8) is 0 Å². The summed E-state index contributed by atoms with van der Waals surface area (Å²) in [5, 5.41) is 10.3. The second-order valence-corrected chi connectivity index (χ2v) is 6.19. The summed E-state index contributed by atoms with van der Waals surface area (Å²) >= 11 is 0. The zero-order chi connectivity index (χ0) is 15.3. The van der Waals surface area contributed by atoms with Crippen LogP contribution in [-0.4, -0.2) is 53.6 Å². The topological polar surface area (TPSA) is 59.0 Å². The van der Waals surface area contributed by atoms with Gasteiger partial charge in [0, 0.05) is 6.54 Å². The van der Waals surface area contributed by atoms with Gasteiger partial charge in [0.2, 0.25) is 0 Å². The quantitative estimate of drug-likeness (QED) is 0.805. The third-order valence-corrected chi connectivity index (χ3v) is 3.24. The highest BCUT2D eigenvalue weighted by atomic mass is 16.6. The molecule has 1 saturated heterocycles. The number of aliphatic hydroxyl groups is 1. The van der Waals surface area contributed by atoms with Crippen molar-refractivity contribution in [3.8, 4) is 0 Å². The predicted molar refractivity (Wildman–Crippen MR) is 77.6 cm³/mol. The Hall–Kier alpha value is -1.07. The monoisotopic (exact) mass is 285 g/mol. The molecule has 0 bridgehead atoms. The third-order valence-electron chi connectivity index (χ3n) is 3.24. The van der Waals surface area contributed by atoms with E-state index in [1.54, 1.807) is 4.90 Å². The molecule has 1 N–H and O–H groups in total. The van der Waals surface area contributed by atoms with Gasteiger partial charge in [0.1, 0.15) is 5.60 Å². The van der Waals surface area contributed by atoms with Crippen LogP contribution in [0.4, 0.5) is 4.79 Å². The summed E-state index contributed by atoms with van der Waals surface area (Å²) in [6.07, 6.45) is 0.225. The van der Waals surface area contributed by atoms with Crippen molar-refractivity contribution in [2.45, 2.75) is 58.3 Å². The Morgan fingerprint density at radius 3 is 2.75 bits per heavy atom. The molecular formula is C15H27NO4. The Morgan fingerprint density at radius 2 is 2.20 bits per heavy atom. The first kappa shape index (κ1) is 17.0. The molecule has 1 aliphatic rings. The Bertz CT molecular complexity index is 348. The number of nitrogens with zero attached hydrogens (tertiary/aromatic N) is 1. The van der Waals surface area contributed by atoms with Crippen molar-refractivity contribution >= 4 is 6.09 Å². The summed E-state index contributed by atoms with van der Waals surface area (Å²) in [5.74, 6) is 0. The lowest BCUT2D eigenvalue weighted by Gasteiger charge is -2.39. The lowest BCUT2D eigenvalue weighted by atomic mass is 10.0. The molecule has 1 fully saturated rings. The van der Waals surface area contributed by atoms with Gasteiger partial charge in [-0.05, 0) is 33.6 Å². The van der Waals surface area contributed by atoms with E-state index in [0.717, 1.165) is 12.0 Å². The molecule has 0 spiro atoms. The van der Waals surface area contributed by atoms with Crippen LogP contribution in [0.25, 0.3) is 0 Å². The highest BCUT2D eigenvalue weighted by molar-refractivity contribution is 5.68. The maximum Gasteiger partial charge on any atom is 0.410 e. The number of amides is 1. The van der Waals surface area contributed by atoms with Crippen LogP contribution < -0.4 is 0 Å². The Labute approximate surface area is 121 Å². The number of aliphatic hydroxyl groups excluding tert-OH is 1.